The van der Waals surface area contributed by atoms with E-state index < -0.39 is 11.5 Å². The fourth-order valence-corrected chi connectivity index (χ4v) is 2.72. The summed E-state index contributed by atoms with van der Waals surface area (Å²) in [6.45, 7) is 14.7. The SMILES string of the molecule is BC(C)(CC(C)C)C(C)(C)C(O)C(C)(C)CO. The van der Waals surface area contributed by atoms with Gasteiger partial charge >= 0.3 is 0 Å². The number of hydrogen-bond donors (Lipinski definition) is 2. The maximum atomic E-state index is 10.6. The maximum absolute atomic E-state index is 10.6. The molecule has 2 unspecified atom stereocenters. The molecule has 17 heavy (non-hydrogen) atoms. The molecule has 0 aliphatic rings. The van der Waals surface area contributed by atoms with Gasteiger partial charge in [0.05, 0.1) is 12.7 Å². The molecular weight excluding hydrogens is 211 g/mol. The number of aliphatic hydroxyl groups excluding tert-OH is 2. The molecule has 0 spiro atoms. The quantitative estimate of drug-likeness (QED) is 0.701. The first-order valence-electron chi connectivity index (χ1n) is 6.67. The van der Waals surface area contributed by atoms with Gasteiger partial charge in [0.25, 0.3) is 0 Å². The van der Waals surface area contributed by atoms with Crippen molar-refractivity contribution >= 4 is 7.85 Å². The summed E-state index contributed by atoms with van der Waals surface area (Å²) in [4.78, 5) is 0. The Hall–Kier alpha value is -0.0151. The van der Waals surface area contributed by atoms with Gasteiger partial charge in [-0.2, -0.15) is 0 Å². The Morgan fingerprint density at radius 3 is 1.76 bits per heavy atom. The van der Waals surface area contributed by atoms with Crippen molar-refractivity contribution in [3.63, 3.8) is 0 Å². The van der Waals surface area contributed by atoms with Crippen LogP contribution < -0.4 is 0 Å². The van der Waals surface area contributed by atoms with Gasteiger partial charge in [0.1, 0.15) is 7.85 Å². The van der Waals surface area contributed by atoms with Crippen LogP contribution in [0.25, 0.3) is 0 Å². The van der Waals surface area contributed by atoms with Gasteiger partial charge in [-0.3, -0.25) is 0 Å². The van der Waals surface area contributed by atoms with Crippen LogP contribution in [0.4, 0.5) is 0 Å². The van der Waals surface area contributed by atoms with Crippen LogP contribution >= 0.6 is 0 Å². The molecule has 0 radical (unpaired) electrons. The lowest BCUT2D eigenvalue weighted by molar-refractivity contribution is -0.0833. The summed E-state index contributed by atoms with van der Waals surface area (Å²) in [7, 11) is 2.21. The molecule has 0 aliphatic heterocycles. The average molecular weight is 242 g/mol. The van der Waals surface area contributed by atoms with Crippen LogP contribution in [-0.4, -0.2) is 30.8 Å². The first-order valence-corrected chi connectivity index (χ1v) is 6.67. The zero-order chi connectivity index (χ0) is 14.1. The van der Waals surface area contributed by atoms with Gasteiger partial charge in [-0.1, -0.05) is 60.2 Å². The molecule has 2 atom stereocenters. The van der Waals surface area contributed by atoms with Crippen LogP contribution in [0.15, 0.2) is 0 Å². The van der Waals surface area contributed by atoms with Crippen LogP contribution in [0.3, 0.4) is 0 Å². The van der Waals surface area contributed by atoms with E-state index in [1.807, 2.05) is 13.8 Å². The molecule has 0 saturated heterocycles. The smallest absolute Gasteiger partial charge is 0.109 e. The van der Waals surface area contributed by atoms with E-state index >= 15 is 0 Å². The van der Waals surface area contributed by atoms with Crippen molar-refractivity contribution in [1.82, 2.24) is 0 Å². The van der Waals surface area contributed by atoms with Crippen molar-refractivity contribution in [3.05, 3.63) is 0 Å². The van der Waals surface area contributed by atoms with E-state index in [9.17, 15) is 10.2 Å². The average Bonchev–Trinajstić information content (AvgIpc) is 2.14. The Kier molecular flexibility index (Phi) is 5.31. The second-order valence-electron chi connectivity index (χ2n) is 7.75. The highest BCUT2D eigenvalue weighted by Gasteiger charge is 2.47. The third kappa shape index (κ3) is 3.72. The van der Waals surface area contributed by atoms with Crippen LogP contribution in [0.1, 0.15) is 54.9 Å². The fourth-order valence-electron chi connectivity index (χ4n) is 2.72. The van der Waals surface area contributed by atoms with Crippen LogP contribution in [0.5, 0.6) is 0 Å². The first kappa shape index (κ1) is 17.0. The molecule has 0 aromatic heterocycles. The van der Waals surface area contributed by atoms with Crippen molar-refractivity contribution in [2.24, 2.45) is 16.7 Å². The topological polar surface area (TPSA) is 40.5 Å². The third-order valence-corrected chi connectivity index (χ3v) is 4.49. The van der Waals surface area contributed by atoms with Gasteiger partial charge < -0.3 is 10.2 Å². The van der Waals surface area contributed by atoms with E-state index in [0.717, 1.165) is 6.42 Å². The molecule has 2 N–H and O–H groups in total. The van der Waals surface area contributed by atoms with Gasteiger partial charge in [-0.25, -0.2) is 0 Å². The van der Waals surface area contributed by atoms with Crippen molar-refractivity contribution in [2.45, 2.75) is 66.3 Å². The predicted octanol–water partition coefficient (Wildman–Crippen LogP) is 2.25. The summed E-state index contributed by atoms with van der Waals surface area (Å²) < 4.78 is 0. The zero-order valence-corrected chi connectivity index (χ0v) is 13.0. The number of aliphatic hydroxyl groups is 2. The first-order chi connectivity index (χ1) is 7.38. The summed E-state index contributed by atoms with van der Waals surface area (Å²) >= 11 is 0. The Morgan fingerprint density at radius 1 is 1.06 bits per heavy atom. The van der Waals surface area contributed by atoms with Gasteiger partial charge in [0.2, 0.25) is 0 Å². The molecule has 0 amide bonds. The summed E-state index contributed by atoms with van der Waals surface area (Å²) in [6, 6.07) is 0. The van der Waals surface area contributed by atoms with E-state index in [1.54, 1.807) is 0 Å². The largest absolute Gasteiger partial charge is 0.396 e. The highest BCUT2D eigenvalue weighted by Crippen LogP contribution is 2.52. The lowest BCUT2D eigenvalue weighted by Crippen LogP contribution is -2.49. The molecule has 0 heterocycles. The van der Waals surface area contributed by atoms with E-state index in [-0.39, 0.29) is 17.3 Å². The van der Waals surface area contributed by atoms with Crippen LogP contribution in [0.2, 0.25) is 5.31 Å². The lowest BCUT2D eigenvalue weighted by Gasteiger charge is -2.50. The number of rotatable bonds is 6. The van der Waals surface area contributed by atoms with Crippen molar-refractivity contribution in [3.8, 4) is 0 Å². The Balaban J connectivity index is 5.11. The van der Waals surface area contributed by atoms with Gasteiger partial charge in [-0.15, -0.1) is 0 Å². The Labute approximate surface area is 108 Å². The number of hydrogen-bond acceptors (Lipinski definition) is 2. The zero-order valence-electron chi connectivity index (χ0n) is 13.0. The molecule has 0 aromatic carbocycles. The monoisotopic (exact) mass is 242 g/mol. The van der Waals surface area contributed by atoms with Crippen LogP contribution in [0, 0.1) is 16.7 Å². The minimum absolute atomic E-state index is 0.00928. The fraction of sp³-hybridized carbons (Fsp3) is 1.00. The van der Waals surface area contributed by atoms with Gasteiger partial charge in [0, 0.05) is 5.41 Å². The highest BCUT2D eigenvalue weighted by atomic mass is 16.3. The standard InChI is InChI=1S/C14H31BO2/c1-10(2)8-14(7,15)13(5,6)11(17)12(3,4)9-16/h10-11,16-17H,8-9,15H2,1-7H3. The van der Waals surface area contributed by atoms with Crippen molar-refractivity contribution < 1.29 is 10.2 Å². The summed E-state index contributed by atoms with van der Waals surface area (Å²) in [5, 5.41) is 20.0. The normalized spacial score (nSPS) is 19.2. The predicted molar refractivity (Wildman–Crippen MR) is 77.0 cm³/mol. The van der Waals surface area contributed by atoms with E-state index in [0.29, 0.717) is 5.92 Å². The molecule has 3 heteroatoms. The molecule has 2 nitrogen and oxygen atoms in total. The van der Waals surface area contributed by atoms with Crippen LogP contribution in [-0.2, 0) is 0 Å². The molecule has 0 aliphatic carbocycles. The second-order valence-corrected chi connectivity index (χ2v) is 7.75. The maximum Gasteiger partial charge on any atom is 0.109 e. The molecule has 0 fully saturated rings. The molecular formula is C14H31BO2. The minimum atomic E-state index is -0.520. The highest BCUT2D eigenvalue weighted by molar-refractivity contribution is 6.15. The van der Waals surface area contributed by atoms with Crippen molar-refractivity contribution in [1.29, 1.82) is 0 Å². The molecule has 0 bridgehead atoms. The molecule has 0 rings (SSSR count). The summed E-state index contributed by atoms with van der Waals surface area (Å²) in [5.41, 5.74) is -0.693. The Morgan fingerprint density at radius 2 is 1.47 bits per heavy atom. The summed E-state index contributed by atoms with van der Waals surface area (Å²) in [5.74, 6) is 0.605. The molecule has 102 valence electrons. The van der Waals surface area contributed by atoms with E-state index in [1.165, 1.54) is 0 Å². The second kappa shape index (κ2) is 5.32. The Bertz CT molecular complexity index is 245. The molecule has 0 saturated carbocycles. The lowest BCUT2D eigenvalue weighted by atomic mass is 9.48. The molecule has 0 aromatic rings. The third-order valence-electron chi connectivity index (χ3n) is 4.49. The van der Waals surface area contributed by atoms with Gasteiger partial charge in [0.15, 0.2) is 0 Å². The van der Waals surface area contributed by atoms with E-state index in [2.05, 4.69) is 42.5 Å². The summed E-state index contributed by atoms with van der Waals surface area (Å²) in [6.07, 6.45) is 0.548. The van der Waals surface area contributed by atoms with Gasteiger partial charge in [-0.05, 0) is 11.3 Å². The van der Waals surface area contributed by atoms with E-state index in [4.69, 9.17) is 0 Å². The minimum Gasteiger partial charge on any atom is -0.396 e. The van der Waals surface area contributed by atoms with Crippen molar-refractivity contribution in [2.75, 3.05) is 6.61 Å².